The Morgan fingerprint density at radius 1 is 1.04 bits per heavy atom. The Labute approximate surface area is 170 Å². The summed E-state index contributed by atoms with van der Waals surface area (Å²) in [5, 5.41) is 15.9. The Morgan fingerprint density at radius 2 is 1.89 bits per heavy atom. The van der Waals surface area contributed by atoms with E-state index in [1.165, 1.54) is 11.3 Å². The quantitative estimate of drug-likeness (QED) is 0.386. The topological polar surface area (TPSA) is 56.0 Å². The summed E-state index contributed by atoms with van der Waals surface area (Å²) >= 11 is 7.82. The lowest BCUT2D eigenvalue weighted by atomic mass is 10.0. The number of rotatable bonds is 4. The van der Waals surface area contributed by atoms with Crippen molar-refractivity contribution in [2.24, 2.45) is 0 Å². The summed E-state index contributed by atoms with van der Waals surface area (Å²) in [7, 11) is 0. The maximum Gasteiger partial charge on any atom is 0.234 e. The molecule has 0 bridgehead atoms. The van der Waals surface area contributed by atoms with E-state index in [4.69, 9.17) is 21.7 Å². The number of fused-ring (bicyclic) bond motifs is 2. The van der Waals surface area contributed by atoms with Gasteiger partial charge in [0.05, 0.1) is 11.2 Å². The number of nitrogens with zero attached hydrogens (tertiary/aromatic N) is 5. The minimum absolute atomic E-state index is 0.678. The highest BCUT2D eigenvalue weighted by atomic mass is 35.5. The molecule has 0 saturated heterocycles. The number of pyridine rings is 1. The van der Waals surface area contributed by atoms with Gasteiger partial charge in [-0.3, -0.25) is 0 Å². The van der Waals surface area contributed by atoms with Gasteiger partial charge in [-0.25, -0.2) is 4.98 Å². The largest absolute Gasteiger partial charge is 0.248 e. The Kier molecular flexibility index (Phi) is 4.30. The zero-order chi connectivity index (χ0) is 19.1. The van der Waals surface area contributed by atoms with Gasteiger partial charge in [0.1, 0.15) is 5.01 Å². The van der Waals surface area contributed by atoms with Crippen LogP contribution in [0.4, 0.5) is 0 Å². The van der Waals surface area contributed by atoms with Crippen molar-refractivity contribution in [2.45, 2.75) is 19.8 Å². The Balaban J connectivity index is 1.76. The summed E-state index contributed by atoms with van der Waals surface area (Å²) in [6.07, 6.45) is 1.85. The van der Waals surface area contributed by atoms with Crippen molar-refractivity contribution in [1.82, 2.24) is 24.8 Å². The molecule has 0 unspecified atom stereocenters. The summed E-state index contributed by atoms with van der Waals surface area (Å²) in [6, 6.07) is 18.0. The molecule has 0 fully saturated rings. The summed E-state index contributed by atoms with van der Waals surface area (Å²) in [5.41, 5.74) is 3.87. The number of aryl methyl sites for hydroxylation is 1. The highest BCUT2D eigenvalue weighted by Crippen LogP contribution is 2.35. The lowest BCUT2D eigenvalue weighted by Gasteiger charge is -2.08. The van der Waals surface area contributed by atoms with Crippen LogP contribution in [0.15, 0.2) is 54.6 Å². The number of benzene rings is 2. The average Bonchev–Trinajstić information content (AvgIpc) is 3.30. The number of hydrogen-bond donors (Lipinski definition) is 0. The molecule has 3 aromatic heterocycles. The minimum atomic E-state index is 0.678. The zero-order valence-corrected chi connectivity index (χ0v) is 16.7. The van der Waals surface area contributed by atoms with Gasteiger partial charge in [-0.1, -0.05) is 60.2 Å². The molecule has 5 nitrogen and oxygen atoms in total. The van der Waals surface area contributed by atoms with Gasteiger partial charge in [0, 0.05) is 28.0 Å². The van der Waals surface area contributed by atoms with E-state index in [-0.39, 0.29) is 0 Å². The monoisotopic (exact) mass is 405 g/mol. The molecule has 0 radical (unpaired) electrons. The van der Waals surface area contributed by atoms with Gasteiger partial charge in [0.15, 0.2) is 5.82 Å². The molecule has 2 aromatic carbocycles. The molecular formula is C21H16ClN5S. The van der Waals surface area contributed by atoms with E-state index < -0.39 is 0 Å². The molecule has 0 aliphatic heterocycles. The van der Waals surface area contributed by atoms with Crippen LogP contribution in [0.2, 0.25) is 5.02 Å². The van der Waals surface area contributed by atoms with Crippen LogP contribution in [-0.4, -0.2) is 24.8 Å². The van der Waals surface area contributed by atoms with E-state index in [0.29, 0.717) is 5.02 Å². The Bertz CT molecular complexity index is 1290. The molecule has 0 saturated carbocycles. The van der Waals surface area contributed by atoms with Crippen molar-refractivity contribution in [3.05, 3.63) is 65.4 Å². The maximum atomic E-state index is 6.29. The first-order chi connectivity index (χ1) is 13.7. The van der Waals surface area contributed by atoms with Gasteiger partial charge < -0.3 is 0 Å². The van der Waals surface area contributed by atoms with Crippen LogP contribution in [0.25, 0.3) is 37.7 Å². The van der Waals surface area contributed by atoms with Gasteiger partial charge in [-0.15, -0.1) is 10.2 Å². The van der Waals surface area contributed by atoms with Crippen molar-refractivity contribution >= 4 is 38.8 Å². The van der Waals surface area contributed by atoms with Crippen LogP contribution in [0, 0.1) is 0 Å². The fourth-order valence-corrected chi connectivity index (χ4v) is 4.34. The normalized spacial score (nSPS) is 11.5. The SMILES string of the molecule is CCCc1nnc2sc(-c3cc(-c4ccccc4)nc4ccc(Cl)cc34)nn12. The standard InChI is InChI=1S/C21H16ClN5S/c1-2-6-19-24-25-21-27(19)26-20(28-21)16-12-18(13-7-4-3-5-8-13)23-17-10-9-14(22)11-15(16)17/h3-5,7-12H,2,6H2,1H3. The lowest BCUT2D eigenvalue weighted by molar-refractivity contribution is 0.778. The number of hydrogen-bond acceptors (Lipinski definition) is 5. The van der Waals surface area contributed by atoms with Crippen molar-refractivity contribution in [2.75, 3.05) is 0 Å². The second-order valence-corrected chi connectivity index (χ2v) is 7.94. The van der Waals surface area contributed by atoms with Crippen LogP contribution in [-0.2, 0) is 6.42 Å². The molecular weight excluding hydrogens is 390 g/mol. The third-order valence-corrected chi connectivity index (χ3v) is 5.77. The molecule has 138 valence electrons. The summed E-state index contributed by atoms with van der Waals surface area (Å²) in [5.74, 6) is 0.889. The molecule has 5 rings (SSSR count). The highest BCUT2D eigenvalue weighted by Gasteiger charge is 2.16. The predicted molar refractivity (Wildman–Crippen MR) is 114 cm³/mol. The third kappa shape index (κ3) is 2.95. The Hall–Kier alpha value is -2.83. The van der Waals surface area contributed by atoms with E-state index in [1.54, 1.807) is 0 Å². The van der Waals surface area contributed by atoms with Crippen molar-refractivity contribution in [3.63, 3.8) is 0 Å². The molecule has 0 atom stereocenters. The van der Waals surface area contributed by atoms with Gasteiger partial charge in [-0.05, 0) is 30.7 Å². The zero-order valence-electron chi connectivity index (χ0n) is 15.1. The summed E-state index contributed by atoms with van der Waals surface area (Å²) < 4.78 is 1.85. The molecule has 7 heteroatoms. The number of halogens is 1. The maximum absolute atomic E-state index is 6.29. The fraction of sp³-hybridized carbons (Fsp3) is 0.143. The second-order valence-electron chi connectivity index (χ2n) is 6.55. The van der Waals surface area contributed by atoms with Gasteiger partial charge >= 0.3 is 0 Å². The highest BCUT2D eigenvalue weighted by molar-refractivity contribution is 7.19. The van der Waals surface area contributed by atoms with E-state index in [1.807, 2.05) is 40.9 Å². The molecule has 0 spiro atoms. The number of aromatic nitrogens is 5. The van der Waals surface area contributed by atoms with Crippen LogP contribution in [0.5, 0.6) is 0 Å². The molecule has 0 aliphatic carbocycles. The van der Waals surface area contributed by atoms with Crippen molar-refractivity contribution in [1.29, 1.82) is 0 Å². The van der Waals surface area contributed by atoms with Gasteiger partial charge in [0.2, 0.25) is 4.96 Å². The molecule has 5 aromatic rings. The summed E-state index contributed by atoms with van der Waals surface area (Å²) in [4.78, 5) is 5.64. The molecule has 0 aliphatic rings. The van der Waals surface area contributed by atoms with Crippen molar-refractivity contribution < 1.29 is 0 Å². The first-order valence-electron chi connectivity index (χ1n) is 9.10. The van der Waals surface area contributed by atoms with Gasteiger partial charge in [-0.2, -0.15) is 9.61 Å². The van der Waals surface area contributed by atoms with E-state index in [9.17, 15) is 0 Å². The average molecular weight is 406 g/mol. The lowest BCUT2D eigenvalue weighted by Crippen LogP contribution is -1.96. The van der Waals surface area contributed by atoms with Crippen molar-refractivity contribution in [3.8, 4) is 21.8 Å². The second kappa shape index (κ2) is 6.96. The van der Waals surface area contributed by atoms with Gasteiger partial charge in [0.25, 0.3) is 0 Å². The van der Waals surface area contributed by atoms with Crippen LogP contribution < -0.4 is 0 Å². The molecule has 3 heterocycles. The van der Waals surface area contributed by atoms with Crippen LogP contribution in [0.3, 0.4) is 0 Å². The van der Waals surface area contributed by atoms with E-state index in [0.717, 1.165) is 56.4 Å². The first kappa shape index (κ1) is 17.3. The minimum Gasteiger partial charge on any atom is -0.248 e. The Morgan fingerprint density at radius 3 is 2.71 bits per heavy atom. The molecule has 0 N–H and O–H groups in total. The molecule has 0 amide bonds. The van der Waals surface area contributed by atoms with E-state index >= 15 is 0 Å². The third-order valence-electron chi connectivity index (χ3n) is 4.60. The fourth-order valence-electron chi connectivity index (χ4n) is 3.28. The van der Waals surface area contributed by atoms with Crippen LogP contribution in [0.1, 0.15) is 19.2 Å². The summed E-state index contributed by atoms with van der Waals surface area (Å²) in [6.45, 7) is 2.12. The van der Waals surface area contributed by atoms with Crippen LogP contribution >= 0.6 is 22.9 Å². The smallest absolute Gasteiger partial charge is 0.234 e. The predicted octanol–water partition coefficient (Wildman–Crippen LogP) is 5.67. The molecule has 28 heavy (non-hydrogen) atoms. The van der Waals surface area contributed by atoms with E-state index in [2.05, 4.69) is 35.3 Å². The first-order valence-corrected chi connectivity index (χ1v) is 10.3.